The van der Waals surface area contributed by atoms with Crippen molar-refractivity contribution in [3.05, 3.63) is 29.3 Å². The fraction of sp³-hybridized carbons (Fsp3) is 0.250. The minimum Gasteiger partial charge on any atom is -0.537 e. The van der Waals surface area contributed by atoms with Gasteiger partial charge in [-0.05, 0) is 31.0 Å². The average Bonchev–Trinajstić information content (AvgIpc) is 1.99. The zero-order valence-electron chi connectivity index (χ0n) is 6.66. The van der Waals surface area contributed by atoms with Gasteiger partial charge in [0, 0.05) is 0 Å². The Kier molecular flexibility index (Phi) is 2.55. The van der Waals surface area contributed by atoms with Crippen molar-refractivity contribution in [1.82, 2.24) is 0 Å². The molecular weight excluding hydrogens is 139 g/mol. The summed E-state index contributed by atoms with van der Waals surface area (Å²) >= 11 is 0. The topological polar surface area (TPSA) is 29.5 Å². The summed E-state index contributed by atoms with van der Waals surface area (Å²) in [4.78, 5) is 0. The van der Waals surface area contributed by atoms with Crippen LogP contribution in [-0.2, 0) is 0 Å². The maximum Gasteiger partial charge on any atom is 0.569 e. The summed E-state index contributed by atoms with van der Waals surface area (Å²) < 4.78 is 4.85. The molecule has 0 saturated heterocycles. The molecule has 0 amide bonds. The third-order valence-electron chi connectivity index (χ3n) is 1.73. The predicted octanol–water partition coefficient (Wildman–Crippen LogP) is 1.21. The molecule has 0 aromatic heterocycles. The van der Waals surface area contributed by atoms with E-state index in [0.717, 1.165) is 11.1 Å². The Bertz CT molecular complexity index is 248. The molecule has 2 nitrogen and oxygen atoms in total. The van der Waals surface area contributed by atoms with E-state index in [4.69, 9.17) is 9.68 Å². The first kappa shape index (κ1) is 8.14. The molecule has 0 heterocycles. The molecule has 0 aliphatic rings. The second-order valence-electron chi connectivity index (χ2n) is 2.42. The van der Waals surface area contributed by atoms with Crippen molar-refractivity contribution >= 4 is 7.69 Å². The van der Waals surface area contributed by atoms with Crippen LogP contribution in [0.4, 0.5) is 0 Å². The van der Waals surface area contributed by atoms with Gasteiger partial charge in [-0.15, -0.1) is 0 Å². The van der Waals surface area contributed by atoms with Crippen molar-refractivity contribution in [3.63, 3.8) is 0 Å². The van der Waals surface area contributed by atoms with Crippen molar-refractivity contribution in [2.75, 3.05) is 0 Å². The van der Waals surface area contributed by atoms with Crippen LogP contribution in [0.3, 0.4) is 0 Å². The zero-order chi connectivity index (χ0) is 8.27. The predicted molar refractivity (Wildman–Crippen MR) is 44.5 cm³/mol. The molecule has 1 rings (SSSR count). The van der Waals surface area contributed by atoms with Crippen LogP contribution in [0.1, 0.15) is 11.1 Å². The van der Waals surface area contributed by atoms with Crippen LogP contribution < -0.4 is 4.65 Å². The van der Waals surface area contributed by atoms with Gasteiger partial charge >= 0.3 is 7.69 Å². The van der Waals surface area contributed by atoms with Gasteiger partial charge in [0.15, 0.2) is 0 Å². The molecule has 0 aliphatic carbocycles. The highest BCUT2D eigenvalue weighted by Gasteiger charge is 2.00. The lowest BCUT2D eigenvalue weighted by molar-refractivity contribution is 0.451. The fourth-order valence-corrected chi connectivity index (χ4v) is 0.909. The minimum atomic E-state index is 0.696. The van der Waals surface area contributed by atoms with Crippen molar-refractivity contribution in [1.29, 1.82) is 0 Å². The molecule has 3 heteroatoms. The van der Waals surface area contributed by atoms with E-state index >= 15 is 0 Å². The molecule has 57 valence electrons. The quantitative estimate of drug-likeness (QED) is 0.640. The van der Waals surface area contributed by atoms with Crippen molar-refractivity contribution in [3.8, 4) is 5.75 Å². The second-order valence-corrected chi connectivity index (χ2v) is 2.42. The van der Waals surface area contributed by atoms with Crippen LogP contribution in [0.15, 0.2) is 18.2 Å². The molecule has 0 bridgehead atoms. The average molecular weight is 149 g/mol. The van der Waals surface area contributed by atoms with Crippen molar-refractivity contribution < 1.29 is 9.68 Å². The molecule has 1 aromatic carbocycles. The number of benzene rings is 1. The molecule has 0 saturated carbocycles. The lowest BCUT2D eigenvalue weighted by Gasteiger charge is -2.06. The third kappa shape index (κ3) is 1.74. The van der Waals surface area contributed by atoms with Gasteiger partial charge in [0.25, 0.3) is 0 Å². The van der Waals surface area contributed by atoms with E-state index in [9.17, 15) is 0 Å². The van der Waals surface area contributed by atoms with Crippen LogP contribution in [0, 0.1) is 13.8 Å². The van der Waals surface area contributed by atoms with Crippen molar-refractivity contribution in [2.24, 2.45) is 0 Å². The molecule has 1 N–H and O–H groups in total. The maximum absolute atomic E-state index is 8.39. The highest BCUT2D eigenvalue weighted by molar-refractivity contribution is 6.17. The molecule has 0 spiro atoms. The summed E-state index contributed by atoms with van der Waals surface area (Å²) in [5.74, 6) is 0.701. The van der Waals surface area contributed by atoms with Gasteiger partial charge in [0.1, 0.15) is 5.75 Å². The summed E-state index contributed by atoms with van der Waals surface area (Å²) in [6.45, 7) is 3.95. The number of hydrogen-bond acceptors (Lipinski definition) is 2. The van der Waals surface area contributed by atoms with Crippen LogP contribution in [0.2, 0.25) is 0 Å². The Balaban J connectivity index is 2.96. The summed E-state index contributed by atoms with van der Waals surface area (Å²) in [5.41, 5.74) is 2.21. The Morgan fingerprint density at radius 1 is 1.36 bits per heavy atom. The van der Waals surface area contributed by atoms with Crippen LogP contribution in [-0.4, -0.2) is 12.7 Å². The van der Waals surface area contributed by atoms with Crippen LogP contribution >= 0.6 is 0 Å². The van der Waals surface area contributed by atoms with E-state index in [1.807, 2.05) is 32.0 Å². The van der Waals surface area contributed by atoms with E-state index in [1.165, 1.54) is 0 Å². The van der Waals surface area contributed by atoms with Gasteiger partial charge in [0.05, 0.1) is 0 Å². The van der Waals surface area contributed by atoms with Crippen LogP contribution in [0.25, 0.3) is 0 Å². The summed E-state index contributed by atoms with van der Waals surface area (Å²) in [6.07, 6.45) is 0. The van der Waals surface area contributed by atoms with Gasteiger partial charge in [-0.2, -0.15) is 0 Å². The summed E-state index contributed by atoms with van der Waals surface area (Å²) in [6, 6.07) is 5.70. The van der Waals surface area contributed by atoms with Gasteiger partial charge < -0.3 is 9.68 Å². The molecule has 11 heavy (non-hydrogen) atoms. The third-order valence-corrected chi connectivity index (χ3v) is 1.73. The first-order chi connectivity index (χ1) is 5.25. The highest BCUT2D eigenvalue weighted by Crippen LogP contribution is 2.19. The van der Waals surface area contributed by atoms with E-state index in [2.05, 4.69) is 0 Å². The zero-order valence-corrected chi connectivity index (χ0v) is 6.66. The van der Waals surface area contributed by atoms with Gasteiger partial charge in [-0.3, -0.25) is 0 Å². The molecular formula is C8H10BO2. The van der Waals surface area contributed by atoms with Gasteiger partial charge in [0.2, 0.25) is 0 Å². The highest BCUT2D eigenvalue weighted by atomic mass is 16.5. The van der Waals surface area contributed by atoms with E-state index in [1.54, 1.807) is 0 Å². The Morgan fingerprint density at radius 2 is 2.09 bits per heavy atom. The molecule has 0 fully saturated rings. The lowest BCUT2D eigenvalue weighted by Crippen LogP contribution is -2.01. The molecule has 1 radical (unpaired) electrons. The normalized spacial score (nSPS) is 9.36. The van der Waals surface area contributed by atoms with Gasteiger partial charge in [-0.1, -0.05) is 12.1 Å². The van der Waals surface area contributed by atoms with E-state index in [-0.39, 0.29) is 0 Å². The first-order valence-corrected chi connectivity index (χ1v) is 3.44. The molecule has 1 aromatic rings. The number of aryl methyl sites for hydroxylation is 1. The minimum absolute atomic E-state index is 0.696. The molecule has 0 atom stereocenters. The van der Waals surface area contributed by atoms with E-state index in [0.29, 0.717) is 13.4 Å². The Morgan fingerprint density at radius 3 is 2.73 bits per heavy atom. The Labute approximate surface area is 67.1 Å². The standard InChI is InChI=1S/C8H10BO2/c1-6-4-3-5-8(7(6)2)11-9-10/h3-5,10H,1-2H3. The number of rotatable bonds is 2. The van der Waals surface area contributed by atoms with Crippen LogP contribution in [0.5, 0.6) is 5.75 Å². The molecule has 0 unspecified atom stereocenters. The SMILES string of the molecule is Cc1cccc(O[B]O)c1C. The van der Waals surface area contributed by atoms with Crippen molar-refractivity contribution in [2.45, 2.75) is 13.8 Å². The van der Waals surface area contributed by atoms with Gasteiger partial charge in [-0.25, -0.2) is 0 Å². The maximum atomic E-state index is 8.39. The number of hydrogen-bond donors (Lipinski definition) is 1. The van der Waals surface area contributed by atoms with E-state index < -0.39 is 0 Å². The fourth-order valence-electron chi connectivity index (χ4n) is 0.909. The molecule has 0 aliphatic heterocycles. The monoisotopic (exact) mass is 149 g/mol. The lowest BCUT2D eigenvalue weighted by atomic mass is 10.1. The second kappa shape index (κ2) is 3.44. The summed E-state index contributed by atoms with van der Waals surface area (Å²) in [5, 5.41) is 8.39. The largest absolute Gasteiger partial charge is 0.569 e. The Hall–Kier alpha value is -0.955. The smallest absolute Gasteiger partial charge is 0.537 e. The summed E-state index contributed by atoms with van der Waals surface area (Å²) in [7, 11) is 0.696. The first-order valence-electron chi connectivity index (χ1n) is 3.44.